The maximum Gasteiger partial charge on any atom is 0.413 e. The molecule has 11 heavy (non-hydrogen) atoms. The molecular formula is C4H4Cl3NO3. The van der Waals surface area contributed by atoms with Crippen molar-refractivity contribution < 1.29 is 14.3 Å². The largest absolute Gasteiger partial charge is 0.445 e. The third-order valence-electron chi connectivity index (χ3n) is 0.544. The Kier molecular flexibility index (Phi) is 4.56. The zero-order valence-corrected chi connectivity index (χ0v) is 7.41. The second kappa shape index (κ2) is 4.64. The van der Waals surface area contributed by atoms with Crippen LogP contribution in [0.3, 0.4) is 0 Å². The average molecular weight is 220 g/mol. The Bertz CT molecular complexity index is 155. The standard InChI is InChI=1S/C4H4Cl3NO3/c5-4(6,7)1-11-3(10)8-2-9/h2H,1H2,(H,8,9,10). The van der Waals surface area contributed by atoms with Crippen molar-refractivity contribution in [1.82, 2.24) is 5.32 Å². The first-order valence-electron chi connectivity index (χ1n) is 2.39. The summed E-state index contributed by atoms with van der Waals surface area (Å²) in [6, 6.07) is 0. The van der Waals surface area contributed by atoms with Gasteiger partial charge in [-0.1, -0.05) is 34.8 Å². The van der Waals surface area contributed by atoms with Crippen LogP contribution < -0.4 is 5.32 Å². The number of ether oxygens (including phenoxy) is 1. The summed E-state index contributed by atoms with van der Waals surface area (Å²) >= 11 is 15.6. The fourth-order valence-electron chi connectivity index (χ4n) is 0.237. The summed E-state index contributed by atoms with van der Waals surface area (Å²) in [7, 11) is 0. The summed E-state index contributed by atoms with van der Waals surface area (Å²) in [6.45, 7) is -0.405. The van der Waals surface area contributed by atoms with E-state index in [1.807, 2.05) is 0 Å². The zero-order chi connectivity index (χ0) is 8.91. The first kappa shape index (κ1) is 10.8. The second-order valence-electron chi connectivity index (χ2n) is 1.45. The number of nitrogens with one attached hydrogen (secondary N) is 1. The lowest BCUT2D eigenvalue weighted by molar-refractivity contribution is -0.109. The van der Waals surface area contributed by atoms with E-state index in [1.165, 1.54) is 0 Å². The molecule has 0 saturated carbocycles. The van der Waals surface area contributed by atoms with Gasteiger partial charge in [0.25, 0.3) is 0 Å². The lowest BCUT2D eigenvalue weighted by atomic mass is 10.8. The van der Waals surface area contributed by atoms with Gasteiger partial charge in [0, 0.05) is 0 Å². The van der Waals surface area contributed by atoms with Crippen LogP contribution in [0, 0.1) is 0 Å². The first-order valence-corrected chi connectivity index (χ1v) is 3.53. The van der Waals surface area contributed by atoms with Crippen LogP contribution >= 0.6 is 34.8 Å². The van der Waals surface area contributed by atoms with Gasteiger partial charge in [0.05, 0.1) is 0 Å². The van der Waals surface area contributed by atoms with Crippen molar-refractivity contribution in [2.45, 2.75) is 3.79 Å². The molecule has 0 heterocycles. The number of alkyl halides is 3. The normalized spacial score (nSPS) is 10.5. The van der Waals surface area contributed by atoms with E-state index in [4.69, 9.17) is 34.8 Å². The molecule has 0 bridgehead atoms. The maximum absolute atomic E-state index is 10.3. The van der Waals surface area contributed by atoms with E-state index in [2.05, 4.69) is 4.74 Å². The zero-order valence-electron chi connectivity index (χ0n) is 5.14. The summed E-state index contributed by atoms with van der Waals surface area (Å²) in [4.78, 5) is 20.0. The summed E-state index contributed by atoms with van der Waals surface area (Å²) in [6.07, 6.45) is -0.785. The molecule has 0 saturated heterocycles. The molecule has 0 aliphatic carbocycles. The van der Waals surface area contributed by atoms with Gasteiger partial charge in [-0.15, -0.1) is 0 Å². The minimum absolute atomic E-state index is 0.167. The van der Waals surface area contributed by atoms with Gasteiger partial charge in [0.15, 0.2) is 0 Å². The van der Waals surface area contributed by atoms with Crippen molar-refractivity contribution in [1.29, 1.82) is 0 Å². The van der Waals surface area contributed by atoms with E-state index in [9.17, 15) is 9.59 Å². The van der Waals surface area contributed by atoms with Crippen molar-refractivity contribution in [2.24, 2.45) is 0 Å². The molecule has 0 atom stereocenters. The SMILES string of the molecule is O=CNC(=O)OCC(Cl)(Cl)Cl. The molecule has 0 aromatic carbocycles. The van der Waals surface area contributed by atoms with Crippen LogP contribution in [0.4, 0.5) is 4.79 Å². The third-order valence-corrected chi connectivity index (χ3v) is 0.871. The van der Waals surface area contributed by atoms with Crippen molar-refractivity contribution in [3.05, 3.63) is 0 Å². The van der Waals surface area contributed by atoms with E-state index in [0.29, 0.717) is 0 Å². The Morgan fingerprint density at radius 2 is 2.09 bits per heavy atom. The molecule has 0 aliphatic heterocycles. The molecule has 4 nitrogen and oxygen atoms in total. The molecule has 0 fully saturated rings. The van der Waals surface area contributed by atoms with Crippen molar-refractivity contribution in [3.63, 3.8) is 0 Å². The molecule has 0 aromatic heterocycles. The van der Waals surface area contributed by atoms with Crippen LogP contribution in [0.25, 0.3) is 0 Å². The number of carbonyl (C=O) groups excluding carboxylic acids is 2. The smallest absolute Gasteiger partial charge is 0.413 e. The van der Waals surface area contributed by atoms with Gasteiger partial charge in [-0.05, 0) is 0 Å². The molecule has 7 heteroatoms. The van der Waals surface area contributed by atoms with Gasteiger partial charge in [-0.25, -0.2) is 4.79 Å². The van der Waals surface area contributed by atoms with Crippen LogP contribution in [0.5, 0.6) is 0 Å². The Labute approximate surface area is 77.7 Å². The number of halogens is 3. The van der Waals surface area contributed by atoms with Crippen LogP contribution in [0.1, 0.15) is 0 Å². The Morgan fingerprint density at radius 1 is 1.55 bits per heavy atom. The van der Waals surface area contributed by atoms with Gasteiger partial charge in [-0.2, -0.15) is 0 Å². The van der Waals surface area contributed by atoms with Crippen LogP contribution in [0.2, 0.25) is 0 Å². The lowest BCUT2D eigenvalue weighted by Crippen LogP contribution is -2.26. The fourth-order valence-corrected chi connectivity index (χ4v) is 0.401. The van der Waals surface area contributed by atoms with Gasteiger partial charge in [-0.3, -0.25) is 10.1 Å². The number of rotatable bonds is 2. The van der Waals surface area contributed by atoms with Crippen molar-refractivity contribution >= 4 is 47.3 Å². The number of carbonyl (C=O) groups is 2. The minimum atomic E-state index is -1.65. The topological polar surface area (TPSA) is 55.4 Å². The molecule has 0 spiro atoms. The van der Waals surface area contributed by atoms with Gasteiger partial charge >= 0.3 is 6.09 Å². The number of imide groups is 1. The first-order chi connectivity index (χ1) is 4.95. The highest BCUT2D eigenvalue weighted by Crippen LogP contribution is 2.25. The Balaban J connectivity index is 3.54. The van der Waals surface area contributed by atoms with Gasteiger partial charge in [0.2, 0.25) is 10.2 Å². The van der Waals surface area contributed by atoms with E-state index in [1.54, 1.807) is 5.32 Å². The summed E-state index contributed by atoms with van der Waals surface area (Å²) in [5, 5.41) is 1.70. The highest BCUT2D eigenvalue weighted by molar-refractivity contribution is 6.67. The molecule has 2 amide bonds. The number of alkyl carbamates (subject to hydrolysis) is 1. The van der Waals surface area contributed by atoms with Crippen LogP contribution in [-0.2, 0) is 9.53 Å². The predicted octanol–water partition coefficient (Wildman–Crippen LogP) is 1.24. The van der Waals surface area contributed by atoms with E-state index in [0.717, 1.165) is 0 Å². The molecule has 0 radical (unpaired) electrons. The van der Waals surface area contributed by atoms with Crippen molar-refractivity contribution in [3.8, 4) is 0 Å². The molecule has 0 aromatic rings. The van der Waals surface area contributed by atoms with Gasteiger partial charge in [0.1, 0.15) is 6.61 Å². The lowest BCUT2D eigenvalue weighted by Gasteiger charge is -2.09. The van der Waals surface area contributed by atoms with E-state index >= 15 is 0 Å². The quantitative estimate of drug-likeness (QED) is 0.563. The molecule has 0 rings (SSSR count). The number of amides is 2. The monoisotopic (exact) mass is 219 g/mol. The Morgan fingerprint density at radius 3 is 2.45 bits per heavy atom. The predicted molar refractivity (Wildman–Crippen MR) is 40.8 cm³/mol. The molecule has 64 valence electrons. The molecule has 0 unspecified atom stereocenters. The highest BCUT2D eigenvalue weighted by Gasteiger charge is 2.21. The number of hydrogen-bond donors (Lipinski definition) is 1. The van der Waals surface area contributed by atoms with Gasteiger partial charge < -0.3 is 4.74 Å². The fraction of sp³-hybridized carbons (Fsp3) is 0.500. The highest BCUT2D eigenvalue weighted by atomic mass is 35.6. The third kappa shape index (κ3) is 7.71. The second-order valence-corrected chi connectivity index (χ2v) is 3.97. The Hall–Kier alpha value is -0.190. The maximum atomic E-state index is 10.3. The summed E-state index contributed by atoms with van der Waals surface area (Å²) in [5.41, 5.74) is 0. The van der Waals surface area contributed by atoms with Crippen LogP contribution in [0.15, 0.2) is 0 Å². The average Bonchev–Trinajstić information content (AvgIpc) is 1.83. The van der Waals surface area contributed by atoms with E-state index in [-0.39, 0.29) is 6.41 Å². The summed E-state index contributed by atoms with van der Waals surface area (Å²) < 4.78 is 2.62. The molecule has 1 N–H and O–H groups in total. The summed E-state index contributed by atoms with van der Waals surface area (Å²) in [5.74, 6) is 0. The minimum Gasteiger partial charge on any atom is -0.445 e. The number of hydrogen-bond acceptors (Lipinski definition) is 3. The van der Waals surface area contributed by atoms with Crippen molar-refractivity contribution in [2.75, 3.05) is 6.61 Å². The van der Waals surface area contributed by atoms with E-state index < -0.39 is 16.5 Å². The molecule has 0 aliphatic rings. The molecular weight excluding hydrogens is 216 g/mol. The van der Waals surface area contributed by atoms with Crippen LogP contribution in [-0.4, -0.2) is 22.9 Å².